The first-order chi connectivity index (χ1) is 17.9. The third kappa shape index (κ3) is 3.92. The molecule has 0 saturated carbocycles. The van der Waals surface area contributed by atoms with E-state index < -0.39 is 17.7 Å². The summed E-state index contributed by atoms with van der Waals surface area (Å²) in [6.45, 7) is 4.41. The van der Waals surface area contributed by atoms with Crippen molar-refractivity contribution < 1.29 is 24.2 Å². The number of hydrogen-bond donors (Lipinski definition) is 1. The van der Waals surface area contributed by atoms with Crippen molar-refractivity contribution in [2.45, 2.75) is 32.4 Å². The van der Waals surface area contributed by atoms with E-state index in [1.165, 1.54) is 16.2 Å². The number of amides is 1. The Bertz CT molecular complexity index is 1580. The molecule has 1 saturated heterocycles. The van der Waals surface area contributed by atoms with Gasteiger partial charge in [-0.3, -0.25) is 19.5 Å². The molecule has 2 aromatic carbocycles. The molecule has 2 atom stereocenters. The van der Waals surface area contributed by atoms with Crippen LogP contribution in [0.5, 0.6) is 11.5 Å². The largest absolute Gasteiger partial charge is 0.507 e. The van der Waals surface area contributed by atoms with Crippen LogP contribution in [0.1, 0.15) is 36.6 Å². The fraction of sp³-hybridized carbons (Fsp3) is 0.214. The molecule has 4 heterocycles. The van der Waals surface area contributed by atoms with E-state index in [9.17, 15) is 14.7 Å². The Labute approximate surface area is 216 Å². The molecule has 0 spiro atoms. The van der Waals surface area contributed by atoms with Crippen molar-refractivity contribution in [3.8, 4) is 11.5 Å². The van der Waals surface area contributed by atoms with Crippen LogP contribution in [-0.4, -0.2) is 39.5 Å². The van der Waals surface area contributed by atoms with E-state index in [0.717, 1.165) is 16.0 Å². The summed E-state index contributed by atoms with van der Waals surface area (Å²) in [5, 5.41) is 11.8. The lowest BCUT2D eigenvalue weighted by Gasteiger charge is -2.22. The Balaban J connectivity index is 1.50. The molecule has 1 fully saturated rings. The van der Waals surface area contributed by atoms with E-state index in [1.807, 2.05) is 38.1 Å². The van der Waals surface area contributed by atoms with Gasteiger partial charge in [-0.05, 0) is 67.4 Å². The highest BCUT2D eigenvalue weighted by Crippen LogP contribution is 2.45. The van der Waals surface area contributed by atoms with Crippen molar-refractivity contribution >= 4 is 44.1 Å². The molecule has 2 aromatic heterocycles. The van der Waals surface area contributed by atoms with Crippen molar-refractivity contribution in [2.75, 3.05) is 11.5 Å². The lowest BCUT2D eigenvalue weighted by molar-refractivity contribution is -0.132. The summed E-state index contributed by atoms with van der Waals surface area (Å²) in [6, 6.07) is 13.4. The van der Waals surface area contributed by atoms with Crippen LogP contribution in [0.15, 0.2) is 66.5 Å². The minimum atomic E-state index is -0.885. The molecule has 1 N–H and O–H groups in total. The Kier molecular flexibility index (Phi) is 5.64. The molecule has 0 aliphatic carbocycles. The van der Waals surface area contributed by atoms with Crippen molar-refractivity contribution in [3.63, 3.8) is 0 Å². The number of thiazole rings is 1. The summed E-state index contributed by atoms with van der Waals surface area (Å²) in [5.41, 5.74) is 2.67. The van der Waals surface area contributed by atoms with Gasteiger partial charge in [0, 0.05) is 24.4 Å². The highest BCUT2D eigenvalue weighted by atomic mass is 32.1. The number of Topliss-reactive ketones (excluding diaryl/α,β-unsaturated/α-hetero) is 1. The summed E-state index contributed by atoms with van der Waals surface area (Å²) in [6.07, 6.45) is 3.95. The van der Waals surface area contributed by atoms with Gasteiger partial charge in [-0.25, -0.2) is 4.98 Å². The average molecular weight is 514 g/mol. The van der Waals surface area contributed by atoms with Crippen LogP contribution in [0.3, 0.4) is 0 Å². The first-order valence-electron chi connectivity index (χ1n) is 12.0. The number of nitrogens with zero attached hydrogens (tertiary/aromatic N) is 3. The van der Waals surface area contributed by atoms with Gasteiger partial charge in [0.25, 0.3) is 5.78 Å². The fourth-order valence-corrected chi connectivity index (χ4v) is 5.88. The van der Waals surface area contributed by atoms with E-state index in [2.05, 4.69) is 9.97 Å². The van der Waals surface area contributed by atoms with Gasteiger partial charge in [0.05, 0.1) is 28.4 Å². The Hall–Kier alpha value is -4.24. The highest BCUT2D eigenvalue weighted by molar-refractivity contribution is 7.22. The van der Waals surface area contributed by atoms with Crippen molar-refractivity contribution in [3.05, 3.63) is 83.2 Å². The summed E-state index contributed by atoms with van der Waals surface area (Å²) in [5.74, 6) is -0.305. The standard InChI is InChI=1S/C28H23N3O5S/c1-3-35-19-7-8-20-22(13-19)37-28(30-20)31-24(17-5-4-10-29-14-17)23(26(33)27(31)34)25(32)16-6-9-21-18(12-16)11-15(2)36-21/h4-10,12-15,24,32H,3,11H2,1-2H3/t15-,24-/m0/s1. The molecular weight excluding hydrogens is 490 g/mol. The highest BCUT2D eigenvalue weighted by Gasteiger charge is 2.48. The number of aliphatic hydroxyl groups is 1. The number of pyridine rings is 1. The number of carbonyl (C=O) groups is 2. The lowest BCUT2D eigenvalue weighted by atomic mass is 9.95. The molecule has 6 rings (SSSR count). The summed E-state index contributed by atoms with van der Waals surface area (Å²) < 4.78 is 12.2. The summed E-state index contributed by atoms with van der Waals surface area (Å²) >= 11 is 1.29. The zero-order valence-electron chi connectivity index (χ0n) is 20.2. The molecule has 0 radical (unpaired) electrons. The minimum absolute atomic E-state index is 0.000764. The summed E-state index contributed by atoms with van der Waals surface area (Å²) in [7, 11) is 0. The number of aliphatic hydroxyl groups excluding tert-OH is 1. The van der Waals surface area contributed by atoms with Gasteiger partial charge in [-0.1, -0.05) is 17.4 Å². The number of ether oxygens (including phenoxy) is 2. The Morgan fingerprint density at radius 3 is 2.86 bits per heavy atom. The van der Waals surface area contributed by atoms with Crippen LogP contribution in [0.4, 0.5) is 5.13 Å². The summed E-state index contributed by atoms with van der Waals surface area (Å²) in [4.78, 5) is 37.1. The van der Waals surface area contributed by atoms with Crippen LogP contribution >= 0.6 is 11.3 Å². The molecule has 0 unspecified atom stereocenters. The van der Waals surface area contributed by atoms with E-state index in [4.69, 9.17) is 9.47 Å². The molecule has 8 nitrogen and oxygen atoms in total. The second-order valence-corrected chi connectivity index (χ2v) is 9.98. The van der Waals surface area contributed by atoms with Crippen LogP contribution in [0.2, 0.25) is 0 Å². The van der Waals surface area contributed by atoms with E-state index in [-0.39, 0.29) is 17.4 Å². The van der Waals surface area contributed by atoms with Gasteiger partial charge in [0.2, 0.25) is 0 Å². The number of rotatable bonds is 5. The quantitative estimate of drug-likeness (QED) is 0.227. The first kappa shape index (κ1) is 23.2. The second-order valence-electron chi connectivity index (χ2n) is 8.97. The number of aromatic nitrogens is 2. The normalized spacial score (nSPS) is 20.3. The van der Waals surface area contributed by atoms with E-state index >= 15 is 0 Å². The minimum Gasteiger partial charge on any atom is -0.507 e. The molecular formula is C28H23N3O5S. The second kappa shape index (κ2) is 9.01. The number of carbonyl (C=O) groups excluding carboxylic acids is 2. The van der Waals surface area contributed by atoms with Gasteiger partial charge < -0.3 is 14.6 Å². The van der Waals surface area contributed by atoms with Crippen molar-refractivity contribution in [2.24, 2.45) is 0 Å². The SMILES string of the molecule is CCOc1ccc2nc(N3C(=O)C(=O)C(=C(O)c4ccc5c(c4)C[C@H](C)O5)[C@@H]3c3cccnc3)sc2c1. The van der Waals surface area contributed by atoms with Crippen LogP contribution < -0.4 is 14.4 Å². The molecule has 37 heavy (non-hydrogen) atoms. The monoisotopic (exact) mass is 513 g/mol. The number of anilines is 1. The molecule has 9 heteroatoms. The maximum absolute atomic E-state index is 13.4. The maximum Gasteiger partial charge on any atom is 0.301 e. The number of fused-ring (bicyclic) bond motifs is 2. The third-order valence-electron chi connectivity index (χ3n) is 6.48. The third-order valence-corrected chi connectivity index (χ3v) is 7.50. The van der Waals surface area contributed by atoms with E-state index in [0.29, 0.717) is 40.6 Å². The number of hydrogen-bond acceptors (Lipinski definition) is 8. The number of benzene rings is 2. The fourth-order valence-electron chi connectivity index (χ4n) is 4.86. The van der Waals surface area contributed by atoms with Gasteiger partial charge in [-0.2, -0.15) is 0 Å². The van der Waals surface area contributed by atoms with Crippen LogP contribution in [0.25, 0.3) is 16.0 Å². The molecule has 4 aromatic rings. The van der Waals surface area contributed by atoms with Crippen LogP contribution in [-0.2, 0) is 16.0 Å². The van der Waals surface area contributed by atoms with Crippen molar-refractivity contribution in [1.29, 1.82) is 0 Å². The first-order valence-corrected chi connectivity index (χ1v) is 12.8. The molecule has 186 valence electrons. The smallest absolute Gasteiger partial charge is 0.301 e. The Morgan fingerprint density at radius 2 is 2.08 bits per heavy atom. The zero-order valence-corrected chi connectivity index (χ0v) is 21.0. The van der Waals surface area contributed by atoms with Gasteiger partial charge in [-0.15, -0.1) is 0 Å². The van der Waals surface area contributed by atoms with Gasteiger partial charge in [0.1, 0.15) is 23.4 Å². The predicted octanol–water partition coefficient (Wildman–Crippen LogP) is 5.04. The topological polar surface area (TPSA) is 102 Å². The maximum atomic E-state index is 13.4. The zero-order chi connectivity index (χ0) is 25.7. The number of ketones is 1. The van der Waals surface area contributed by atoms with Gasteiger partial charge in [0.15, 0.2) is 5.13 Å². The average Bonchev–Trinajstić information content (AvgIpc) is 3.56. The van der Waals surface area contributed by atoms with Crippen molar-refractivity contribution in [1.82, 2.24) is 9.97 Å². The molecule has 0 bridgehead atoms. The lowest BCUT2D eigenvalue weighted by Crippen LogP contribution is -2.29. The van der Waals surface area contributed by atoms with E-state index in [1.54, 1.807) is 36.7 Å². The van der Waals surface area contributed by atoms with Gasteiger partial charge >= 0.3 is 5.91 Å². The van der Waals surface area contributed by atoms with Crippen LogP contribution in [0, 0.1) is 0 Å². The molecule has 2 aliphatic rings. The predicted molar refractivity (Wildman–Crippen MR) is 140 cm³/mol. The molecule has 2 aliphatic heterocycles. The molecule has 1 amide bonds. The Morgan fingerprint density at radius 1 is 1.22 bits per heavy atom.